The molecule has 1 amide bonds. The number of nitrogens with one attached hydrogen (secondary N) is 1. The zero-order valence-electron chi connectivity index (χ0n) is 19.3. The highest BCUT2D eigenvalue weighted by Crippen LogP contribution is 2.30. The minimum Gasteiger partial charge on any atom is -0.335 e. The molecule has 1 aliphatic heterocycles. The van der Waals surface area contributed by atoms with Crippen LogP contribution in [0, 0.1) is 0 Å². The molecule has 0 aliphatic carbocycles. The van der Waals surface area contributed by atoms with Crippen LogP contribution >= 0.6 is 0 Å². The zero-order chi connectivity index (χ0) is 23.6. The first-order valence-corrected chi connectivity index (χ1v) is 11.9. The lowest BCUT2D eigenvalue weighted by molar-refractivity contribution is 0.0773. The summed E-state index contributed by atoms with van der Waals surface area (Å²) in [6.45, 7) is 1.37. The van der Waals surface area contributed by atoms with Crippen LogP contribution < -0.4 is 0 Å². The molecule has 4 heteroatoms. The van der Waals surface area contributed by atoms with E-state index in [-0.39, 0.29) is 5.91 Å². The molecule has 170 valence electrons. The van der Waals surface area contributed by atoms with Gasteiger partial charge in [0.2, 0.25) is 0 Å². The number of aromatic nitrogens is 2. The van der Waals surface area contributed by atoms with Crippen molar-refractivity contribution < 1.29 is 4.79 Å². The second-order valence-corrected chi connectivity index (χ2v) is 8.87. The monoisotopic (exact) mass is 455 g/mol. The Kier molecular flexibility index (Phi) is 5.47. The highest BCUT2D eigenvalue weighted by atomic mass is 16.2. The van der Waals surface area contributed by atoms with E-state index in [1.807, 2.05) is 35.2 Å². The second kappa shape index (κ2) is 9.07. The van der Waals surface area contributed by atoms with Crippen molar-refractivity contribution in [2.45, 2.75) is 6.42 Å². The van der Waals surface area contributed by atoms with E-state index >= 15 is 0 Å². The van der Waals surface area contributed by atoms with Gasteiger partial charge in [-0.15, -0.1) is 0 Å². The second-order valence-electron chi connectivity index (χ2n) is 8.87. The number of hydrogen-bond donors (Lipinski definition) is 1. The van der Waals surface area contributed by atoms with Gasteiger partial charge in [-0.3, -0.25) is 9.89 Å². The summed E-state index contributed by atoms with van der Waals surface area (Å²) in [5.41, 5.74) is 7.20. The quantitative estimate of drug-likeness (QED) is 0.323. The van der Waals surface area contributed by atoms with Gasteiger partial charge in [0, 0.05) is 29.8 Å². The maximum absolute atomic E-state index is 13.1. The molecule has 0 unspecified atom stereocenters. The third kappa shape index (κ3) is 4.15. The highest BCUT2D eigenvalue weighted by Gasteiger charge is 2.19. The number of nitrogens with zero attached hydrogens (tertiary/aromatic N) is 2. The molecule has 2 heterocycles. The van der Waals surface area contributed by atoms with Gasteiger partial charge in [0.25, 0.3) is 5.91 Å². The van der Waals surface area contributed by atoms with Gasteiger partial charge in [0.1, 0.15) is 0 Å². The summed E-state index contributed by atoms with van der Waals surface area (Å²) in [5, 5.41) is 10.1. The molecule has 0 saturated carbocycles. The third-order valence-corrected chi connectivity index (χ3v) is 6.73. The number of amides is 1. The van der Waals surface area contributed by atoms with E-state index in [0.717, 1.165) is 35.5 Å². The van der Waals surface area contributed by atoms with Gasteiger partial charge >= 0.3 is 0 Å². The Morgan fingerprint density at radius 2 is 1.57 bits per heavy atom. The lowest BCUT2D eigenvalue weighted by atomic mass is 9.99. The molecule has 4 aromatic carbocycles. The lowest BCUT2D eigenvalue weighted by Gasteiger charge is -2.27. The summed E-state index contributed by atoms with van der Waals surface area (Å²) in [6, 6.07) is 34.9. The Labute approximate surface area is 204 Å². The molecule has 6 rings (SSSR count). The Balaban J connectivity index is 1.18. The van der Waals surface area contributed by atoms with Crippen molar-refractivity contribution >= 4 is 22.3 Å². The maximum atomic E-state index is 13.1. The summed E-state index contributed by atoms with van der Waals surface area (Å²) in [4.78, 5) is 15.0. The summed E-state index contributed by atoms with van der Waals surface area (Å²) >= 11 is 0. The first-order valence-electron chi connectivity index (χ1n) is 11.9. The molecule has 0 fully saturated rings. The molecule has 0 radical (unpaired) electrons. The molecule has 0 saturated heterocycles. The standard InChI is InChI=1S/C31H25N3O/c35-31(34-19-17-23(18-20-34)22-7-2-1-3-8-22)26-15-13-25(14-16-26)29-21-30(33-32-29)28-12-6-10-24-9-4-5-11-27(24)28/h1-17,21H,18-20H2,(H,32,33). The summed E-state index contributed by atoms with van der Waals surface area (Å²) < 4.78 is 0. The van der Waals surface area contributed by atoms with Crippen molar-refractivity contribution in [3.8, 4) is 22.5 Å². The van der Waals surface area contributed by atoms with E-state index in [1.165, 1.54) is 21.9 Å². The fourth-order valence-electron chi connectivity index (χ4n) is 4.80. The first-order chi connectivity index (χ1) is 17.3. The van der Waals surface area contributed by atoms with Gasteiger partial charge in [-0.2, -0.15) is 5.10 Å². The Hall–Kier alpha value is -4.44. The number of H-pyrrole nitrogens is 1. The molecular weight excluding hydrogens is 430 g/mol. The van der Waals surface area contributed by atoms with E-state index in [9.17, 15) is 4.79 Å². The smallest absolute Gasteiger partial charge is 0.254 e. The van der Waals surface area contributed by atoms with Gasteiger partial charge in [-0.1, -0.05) is 91.0 Å². The minimum absolute atomic E-state index is 0.0679. The van der Waals surface area contributed by atoms with Crippen LogP contribution in [0.5, 0.6) is 0 Å². The highest BCUT2D eigenvalue weighted by molar-refractivity contribution is 5.97. The van der Waals surface area contributed by atoms with Gasteiger partial charge in [-0.05, 0) is 46.5 Å². The molecule has 0 atom stereocenters. The summed E-state index contributed by atoms with van der Waals surface area (Å²) in [5.74, 6) is 0.0679. The Morgan fingerprint density at radius 1 is 0.800 bits per heavy atom. The third-order valence-electron chi connectivity index (χ3n) is 6.73. The summed E-state index contributed by atoms with van der Waals surface area (Å²) in [7, 11) is 0. The normalized spacial score (nSPS) is 13.6. The van der Waals surface area contributed by atoms with Gasteiger partial charge in [0.05, 0.1) is 11.4 Å². The zero-order valence-corrected chi connectivity index (χ0v) is 19.3. The van der Waals surface area contributed by atoms with Crippen molar-refractivity contribution in [2.75, 3.05) is 13.1 Å². The van der Waals surface area contributed by atoms with Crippen LogP contribution in [0.25, 0.3) is 38.9 Å². The van der Waals surface area contributed by atoms with Crippen LogP contribution in [0.15, 0.2) is 109 Å². The topological polar surface area (TPSA) is 49.0 Å². The molecule has 1 aliphatic rings. The first kappa shape index (κ1) is 21.1. The minimum atomic E-state index is 0.0679. The molecule has 0 spiro atoms. The van der Waals surface area contributed by atoms with Crippen molar-refractivity contribution in [2.24, 2.45) is 0 Å². The van der Waals surface area contributed by atoms with Crippen LogP contribution in [0.4, 0.5) is 0 Å². The van der Waals surface area contributed by atoms with E-state index in [2.05, 4.69) is 89.1 Å². The summed E-state index contributed by atoms with van der Waals surface area (Å²) in [6.07, 6.45) is 3.04. The van der Waals surface area contributed by atoms with Crippen LogP contribution in [-0.4, -0.2) is 34.1 Å². The van der Waals surface area contributed by atoms with Gasteiger partial charge in [-0.25, -0.2) is 0 Å². The van der Waals surface area contributed by atoms with E-state index in [1.54, 1.807) is 0 Å². The Morgan fingerprint density at radius 3 is 2.37 bits per heavy atom. The van der Waals surface area contributed by atoms with Crippen molar-refractivity contribution in [3.05, 3.63) is 120 Å². The van der Waals surface area contributed by atoms with Crippen LogP contribution in [0.3, 0.4) is 0 Å². The average molecular weight is 456 g/mol. The van der Waals surface area contributed by atoms with E-state index in [0.29, 0.717) is 12.1 Å². The van der Waals surface area contributed by atoms with E-state index in [4.69, 9.17) is 0 Å². The number of carbonyl (C=O) groups is 1. The molecule has 5 aromatic rings. The lowest BCUT2D eigenvalue weighted by Crippen LogP contribution is -2.34. The molecule has 1 aromatic heterocycles. The van der Waals surface area contributed by atoms with Gasteiger partial charge < -0.3 is 4.90 Å². The average Bonchev–Trinajstić information content (AvgIpc) is 3.43. The van der Waals surface area contributed by atoms with Crippen LogP contribution in [-0.2, 0) is 0 Å². The molecular formula is C31H25N3O. The predicted octanol–water partition coefficient (Wildman–Crippen LogP) is 6.83. The SMILES string of the molecule is O=C(c1ccc(-c2cc(-c3cccc4ccccc34)[nH]n2)cc1)N1CC=C(c2ccccc2)CC1. The van der Waals surface area contributed by atoms with Gasteiger partial charge in [0.15, 0.2) is 0 Å². The number of rotatable bonds is 4. The predicted molar refractivity (Wildman–Crippen MR) is 142 cm³/mol. The van der Waals surface area contributed by atoms with Crippen LogP contribution in [0.2, 0.25) is 0 Å². The fraction of sp³-hybridized carbons (Fsp3) is 0.0968. The largest absolute Gasteiger partial charge is 0.335 e. The van der Waals surface area contributed by atoms with Crippen LogP contribution in [0.1, 0.15) is 22.3 Å². The molecule has 1 N–H and O–H groups in total. The fourth-order valence-corrected chi connectivity index (χ4v) is 4.80. The number of aromatic amines is 1. The van der Waals surface area contributed by atoms with Crippen molar-refractivity contribution in [1.29, 1.82) is 0 Å². The number of fused-ring (bicyclic) bond motifs is 1. The number of benzene rings is 4. The maximum Gasteiger partial charge on any atom is 0.254 e. The Bertz CT molecular complexity index is 1530. The number of hydrogen-bond acceptors (Lipinski definition) is 2. The van der Waals surface area contributed by atoms with Crippen molar-refractivity contribution in [1.82, 2.24) is 15.1 Å². The molecule has 35 heavy (non-hydrogen) atoms. The number of carbonyl (C=O) groups excluding carboxylic acids is 1. The van der Waals surface area contributed by atoms with E-state index < -0.39 is 0 Å². The van der Waals surface area contributed by atoms with Crippen molar-refractivity contribution in [3.63, 3.8) is 0 Å². The molecule has 0 bridgehead atoms. The molecule has 4 nitrogen and oxygen atoms in total.